The molecule has 0 saturated heterocycles. The number of nitrogens with one attached hydrogen (secondary N) is 1. The predicted octanol–water partition coefficient (Wildman–Crippen LogP) is 1.19. The number of carbonyl (C=O) groups excluding carboxylic acids is 1. The Labute approximate surface area is 106 Å². The molecule has 0 aliphatic heterocycles. The minimum atomic E-state index is -1.07. The molecule has 0 radical (unpaired) electrons. The van der Waals surface area contributed by atoms with Gasteiger partial charge in [0.05, 0.1) is 0 Å². The zero-order valence-electron chi connectivity index (χ0n) is 10.3. The summed E-state index contributed by atoms with van der Waals surface area (Å²) in [5.41, 5.74) is 2.32. The van der Waals surface area contributed by atoms with Crippen LogP contribution in [0.15, 0.2) is 0 Å². The van der Waals surface area contributed by atoms with E-state index in [-0.39, 0.29) is 11.8 Å². The van der Waals surface area contributed by atoms with Crippen LogP contribution in [0.5, 0.6) is 0 Å². The van der Waals surface area contributed by atoms with Gasteiger partial charge in [-0.1, -0.05) is 0 Å². The zero-order chi connectivity index (χ0) is 12.7. The molecule has 0 aromatic rings. The molecular formula is C13H19NO4. The molecule has 4 fully saturated rings. The smallest absolute Gasteiger partial charge is 0.332 e. The molecule has 4 aliphatic rings. The van der Waals surface area contributed by atoms with E-state index in [1.165, 1.54) is 32.1 Å². The largest absolute Gasteiger partial charge is 0.479 e. The number of rotatable bonds is 4. The minimum Gasteiger partial charge on any atom is -0.479 e. The van der Waals surface area contributed by atoms with Crippen LogP contribution in [0.1, 0.15) is 32.1 Å². The fourth-order valence-electron chi connectivity index (χ4n) is 4.59. The van der Waals surface area contributed by atoms with E-state index >= 15 is 0 Å². The molecule has 1 amide bonds. The summed E-state index contributed by atoms with van der Waals surface area (Å²) in [4.78, 5) is 27.1. The van der Waals surface area contributed by atoms with Crippen LogP contribution < -0.4 is 5.48 Å². The Kier molecular flexibility index (Phi) is 3.01. The second-order valence-electron chi connectivity index (χ2n) is 6.11. The van der Waals surface area contributed by atoms with Gasteiger partial charge in [-0.3, -0.25) is 9.63 Å². The van der Waals surface area contributed by atoms with Crippen LogP contribution in [0.2, 0.25) is 0 Å². The van der Waals surface area contributed by atoms with Crippen molar-refractivity contribution in [3.63, 3.8) is 0 Å². The predicted molar refractivity (Wildman–Crippen MR) is 62.3 cm³/mol. The van der Waals surface area contributed by atoms with Crippen molar-refractivity contribution >= 4 is 11.9 Å². The molecule has 100 valence electrons. The Hall–Kier alpha value is -1.10. The topological polar surface area (TPSA) is 75.6 Å². The van der Waals surface area contributed by atoms with Crippen LogP contribution >= 0.6 is 0 Å². The summed E-state index contributed by atoms with van der Waals surface area (Å²) in [6.07, 6.45) is 6.04. The number of amides is 1. The van der Waals surface area contributed by atoms with Crippen LogP contribution in [0.3, 0.4) is 0 Å². The Balaban J connectivity index is 1.59. The fraction of sp³-hybridized carbons (Fsp3) is 0.846. The first-order valence-electron chi connectivity index (χ1n) is 6.77. The molecule has 4 aliphatic carbocycles. The lowest BCUT2D eigenvalue weighted by Crippen LogP contribution is -2.51. The Morgan fingerprint density at radius 1 is 1.06 bits per heavy atom. The van der Waals surface area contributed by atoms with Crippen molar-refractivity contribution in [3.8, 4) is 0 Å². The summed E-state index contributed by atoms with van der Waals surface area (Å²) in [5, 5.41) is 8.46. The summed E-state index contributed by atoms with van der Waals surface area (Å²) in [6, 6.07) is 0. The van der Waals surface area contributed by atoms with Gasteiger partial charge in [0, 0.05) is 5.92 Å². The standard InChI is InChI=1S/C13H19NO4/c15-11(16)6-18-14-13(17)12-9-2-7-1-8(4-9)5-10(12)3-7/h7-10,12H,1-6H2,(H,14,17)(H,15,16). The molecule has 0 atom stereocenters. The molecule has 5 nitrogen and oxygen atoms in total. The van der Waals surface area contributed by atoms with Crippen molar-refractivity contribution < 1.29 is 19.5 Å². The van der Waals surface area contributed by atoms with Gasteiger partial charge in [0.15, 0.2) is 6.61 Å². The van der Waals surface area contributed by atoms with E-state index < -0.39 is 12.6 Å². The van der Waals surface area contributed by atoms with E-state index in [1.54, 1.807) is 0 Å². The second kappa shape index (κ2) is 4.53. The van der Waals surface area contributed by atoms with Gasteiger partial charge < -0.3 is 5.11 Å². The van der Waals surface area contributed by atoms with Crippen LogP contribution in [-0.2, 0) is 14.4 Å². The van der Waals surface area contributed by atoms with Crippen LogP contribution in [-0.4, -0.2) is 23.6 Å². The lowest BCUT2D eigenvalue weighted by atomic mass is 9.52. The summed E-state index contributed by atoms with van der Waals surface area (Å²) in [5.74, 6) is 1.52. The van der Waals surface area contributed by atoms with Crippen LogP contribution in [0.4, 0.5) is 0 Å². The number of hydrogen-bond acceptors (Lipinski definition) is 3. The van der Waals surface area contributed by atoms with Crippen molar-refractivity contribution in [2.24, 2.45) is 29.6 Å². The number of carboxylic acid groups (broad SMARTS) is 1. The van der Waals surface area contributed by atoms with Crippen molar-refractivity contribution in [1.82, 2.24) is 5.48 Å². The van der Waals surface area contributed by atoms with E-state index in [9.17, 15) is 9.59 Å². The number of hydroxylamine groups is 1. The van der Waals surface area contributed by atoms with E-state index in [4.69, 9.17) is 9.94 Å². The normalized spacial score (nSPS) is 40.8. The Morgan fingerprint density at radius 3 is 2.11 bits per heavy atom. The summed E-state index contributed by atoms with van der Waals surface area (Å²) in [6.45, 7) is -0.473. The maximum Gasteiger partial charge on any atom is 0.332 e. The summed E-state index contributed by atoms with van der Waals surface area (Å²) >= 11 is 0. The molecule has 18 heavy (non-hydrogen) atoms. The van der Waals surface area contributed by atoms with Gasteiger partial charge in [-0.15, -0.1) is 0 Å². The first kappa shape index (κ1) is 12.0. The van der Waals surface area contributed by atoms with Crippen molar-refractivity contribution in [3.05, 3.63) is 0 Å². The van der Waals surface area contributed by atoms with Gasteiger partial charge >= 0.3 is 5.97 Å². The molecule has 0 aromatic heterocycles. The van der Waals surface area contributed by atoms with Crippen molar-refractivity contribution in [2.45, 2.75) is 32.1 Å². The molecule has 4 rings (SSSR count). The van der Waals surface area contributed by atoms with Gasteiger partial charge in [-0.25, -0.2) is 10.3 Å². The Bertz CT molecular complexity index is 340. The van der Waals surface area contributed by atoms with E-state index in [1.807, 2.05) is 0 Å². The maximum absolute atomic E-state index is 12.1. The van der Waals surface area contributed by atoms with Gasteiger partial charge in [0.2, 0.25) is 5.91 Å². The minimum absolute atomic E-state index is 0.0478. The molecule has 0 spiro atoms. The monoisotopic (exact) mass is 253 g/mol. The van der Waals surface area contributed by atoms with Crippen molar-refractivity contribution in [1.29, 1.82) is 0 Å². The number of carboxylic acids is 1. The molecular weight excluding hydrogens is 234 g/mol. The maximum atomic E-state index is 12.1. The number of aliphatic carboxylic acids is 1. The first-order chi connectivity index (χ1) is 8.63. The first-order valence-corrected chi connectivity index (χ1v) is 6.77. The Morgan fingerprint density at radius 2 is 1.61 bits per heavy atom. The highest BCUT2D eigenvalue weighted by Crippen LogP contribution is 2.56. The van der Waals surface area contributed by atoms with E-state index in [0.29, 0.717) is 11.8 Å². The summed E-state index contributed by atoms with van der Waals surface area (Å²) in [7, 11) is 0. The average Bonchev–Trinajstić information content (AvgIpc) is 2.26. The quantitative estimate of drug-likeness (QED) is 0.738. The van der Waals surface area contributed by atoms with E-state index in [0.717, 1.165) is 11.8 Å². The van der Waals surface area contributed by atoms with Gasteiger partial charge in [0.1, 0.15) is 0 Å². The third kappa shape index (κ3) is 2.11. The number of hydrogen-bond donors (Lipinski definition) is 2. The van der Waals surface area contributed by atoms with Crippen molar-refractivity contribution in [2.75, 3.05) is 6.61 Å². The van der Waals surface area contributed by atoms with E-state index in [2.05, 4.69) is 5.48 Å². The second-order valence-corrected chi connectivity index (χ2v) is 6.11. The number of carbonyl (C=O) groups is 2. The molecule has 0 aromatic carbocycles. The highest BCUT2D eigenvalue weighted by Gasteiger charge is 2.50. The molecule has 0 heterocycles. The molecule has 0 unspecified atom stereocenters. The average molecular weight is 253 g/mol. The van der Waals surface area contributed by atoms with Gasteiger partial charge in [-0.2, -0.15) is 0 Å². The third-order valence-corrected chi connectivity index (χ3v) is 4.90. The molecule has 4 bridgehead atoms. The lowest BCUT2D eigenvalue weighted by molar-refractivity contribution is -0.157. The highest BCUT2D eigenvalue weighted by atomic mass is 16.7. The molecule has 4 saturated carbocycles. The SMILES string of the molecule is O=C(O)CONC(=O)C1C2CC3CC(C2)CC1C3. The highest BCUT2D eigenvalue weighted by molar-refractivity contribution is 5.79. The van der Waals surface area contributed by atoms with Crippen LogP contribution in [0.25, 0.3) is 0 Å². The van der Waals surface area contributed by atoms with Gasteiger partial charge in [-0.05, 0) is 55.8 Å². The van der Waals surface area contributed by atoms with Gasteiger partial charge in [0.25, 0.3) is 0 Å². The molecule has 2 N–H and O–H groups in total. The third-order valence-electron chi connectivity index (χ3n) is 4.90. The zero-order valence-corrected chi connectivity index (χ0v) is 10.3. The lowest BCUT2D eigenvalue weighted by Gasteiger charge is -2.53. The van der Waals surface area contributed by atoms with Crippen LogP contribution in [0, 0.1) is 29.6 Å². The fourth-order valence-corrected chi connectivity index (χ4v) is 4.59. The summed E-state index contributed by atoms with van der Waals surface area (Å²) < 4.78 is 0. The molecule has 5 heteroatoms.